The van der Waals surface area contributed by atoms with Crippen molar-refractivity contribution in [3.05, 3.63) is 96.8 Å². The zero-order valence-electron chi connectivity index (χ0n) is 18.1. The molecule has 1 unspecified atom stereocenters. The average molecular weight is 435 g/mol. The molecule has 0 aliphatic heterocycles. The van der Waals surface area contributed by atoms with E-state index in [0.717, 1.165) is 33.4 Å². The van der Waals surface area contributed by atoms with Gasteiger partial charge in [0.25, 0.3) is 0 Å². The second-order valence-electron chi connectivity index (χ2n) is 7.59. The van der Waals surface area contributed by atoms with Crippen molar-refractivity contribution in [1.29, 1.82) is 0 Å². The summed E-state index contributed by atoms with van der Waals surface area (Å²) in [6, 6.07) is 21.7. The Kier molecular flexibility index (Phi) is 5.70. The third-order valence-corrected chi connectivity index (χ3v) is 5.34. The summed E-state index contributed by atoms with van der Waals surface area (Å²) >= 11 is 0. The largest absolute Gasteiger partial charge is 0.382 e. The van der Waals surface area contributed by atoms with Gasteiger partial charge < -0.3 is 10.5 Å². The number of hydrogen-bond donors (Lipinski definition) is 1. The molecule has 0 bridgehead atoms. The molecule has 0 radical (unpaired) electrons. The van der Waals surface area contributed by atoms with E-state index in [-0.39, 0.29) is 12.7 Å². The number of ether oxygens (including phenoxy) is 1. The number of anilines is 1. The van der Waals surface area contributed by atoms with Gasteiger partial charge in [-0.1, -0.05) is 42.5 Å². The van der Waals surface area contributed by atoms with E-state index < -0.39 is 0 Å². The van der Waals surface area contributed by atoms with Crippen LogP contribution < -0.4 is 5.73 Å². The van der Waals surface area contributed by atoms with Crippen molar-refractivity contribution in [2.75, 3.05) is 5.73 Å². The predicted octanol–water partition coefficient (Wildman–Crippen LogP) is 5.01. The molecule has 0 saturated heterocycles. The summed E-state index contributed by atoms with van der Waals surface area (Å²) in [4.78, 5) is 22.6. The number of nitrogens with zero attached hydrogens (tertiary/aromatic N) is 5. The number of rotatable bonds is 6. The molecule has 7 nitrogen and oxygen atoms in total. The van der Waals surface area contributed by atoms with Crippen LogP contribution in [0.1, 0.15) is 24.5 Å². The highest BCUT2D eigenvalue weighted by molar-refractivity contribution is 5.87. The van der Waals surface area contributed by atoms with E-state index in [1.165, 1.54) is 0 Å². The summed E-state index contributed by atoms with van der Waals surface area (Å²) in [5, 5.41) is 1.03. The first kappa shape index (κ1) is 20.7. The zero-order valence-corrected chi connectivity index (χ0v) is 18.1. The van der Waals surface area contributed by atoms with E-state index >= 15 is 0 Å². The number of benzene rings is 2. The van der Waals surface area contributed by atoms with E-state index in [2.05, 4.69) is 21.0 Å². The van der Waals surface area contributed by atoms with Gasteiger partial charge in [0, 0.05) is 35.1 Å². The molecule has 33 heavy (non-hydrogen) atoms. The maximum Gasteiger partial charge on any atom is 0.156 e. The summed E-state index contributed by atoms with van der Waals surface area (Å²) in [5.41, 5.74) is 11.2. The van der Waals surface area contributed by atoms with Crippen LogP contribution in [0.4, 0.5) is 5.82 Å². The highest BCUT2D eigenvalue weighted by Gasteiger charge is 2.17. The number of hydrogen-bond acceptors (Lipinski definition) is 7. The van der Waals surface area contributed by atoms with Gasteiger partial charge in [-0.25, -0.2) is 19.9 Å². The van der Waals surface area contributed by atoms with E-state index in [1.807, 2.05) is 61.5 Å². The molecular formula is C26H22N6O. The number of fused-ring (bicyclic) bond motifs is 1. The normalized spacial score (nSPS) is 12.0. The second kappa shape index (κ2) is 9.10. The van der Waals surface area contributed by atoms with Gasteiger partial charge in [-0.15, -0.1) is 0 Å². The van der Waals surface area contributed by atoms with Crippen molar-refractivity contribution in [1.82, 2.24) is 24.9 Å². The Hall–Kier alpha value is -4.23. The molecule has 2 N–H and O–H groups in total. The van der Waals surface area contributed by atoms with E-state index in [9.17, 15) is 0 Å². The van der Waals surface area contributed by atoms with Crippen LogP contribution in [0, 0.1) is 0 Å². The van der Waals surface area contributed by atoms with Crippen molar-refractivity contribution in [2.24, 2.45) is 0 Å². The smallest absolute Gasteiger partial charge is 0.156 e. The lowest BCUT2D eigenvalue weighted by molar-refractivity contribution is 0.0450. The third-order valence-electron chi connectivity index (χ3n) is 5.34. The van der Waals surface area contributed by atoms with Gasteiger partial charge in [-0.05, 0) is 31.2 Å². The average Bonchev–Trinajstić information content (AvgIpc) is 2.88. The molecule has 3 heterocycles. The van der Waals surface area contributed by atoms with Crippen LogP contribution in [0.25, 0.3) is 33.4 Å². The topological polar surface area (TPSA) is 99.7 Å². The lowest BCUT2D eigenvalue weighted by Gasteiger charge is -2.15. The lowest BCUT2D eigenvalue weighted by atomic mass is 10.0. The standard InChI is InChI=1S/C26H22N6O/c1-17(26-29-13-6-14-30-26)33-16-22-25(27)32-23(18-7-3-2-4-8-18)24(31-22)20-10-11-21-19(15-20)9-5-12-28-21/h2-15,17H,16H2,1H3,(H2,27,32). The Labute approximate surface area is 191 Å². The fourth-order valence-electron chi connectivity index (χ4n) is 3.61. The fraction of sp³-hybridized carbons (Fsp3) is 0.115. The van der Waals surface area contributed by atoms with Gasteiger partial charge in [-0.3, -0.25) is 4.98 Å². The highest BCUT2D eigenvalue weighted by Crippen LogP contribution is 2.32. The quantitative estimate of drug-likeness (QED) is 0.401. The van der Waals surface area contributed by atoms with Crippen LogP contribution in [0.2, 0.25) is 0 Å². The van der Waals surface area contributed by atoms with Gasteiger partial charge in [0.15, 0.2) is 5.82 Å². The van der Waals surface area contributed by atoms with Crippen molar-refractivity contribution < 1.29 is 4.74 Å². The third kappa shape index (κ3) is 4.40. The first-order valence-electron chi connectivity index (χ1n) is 10.6. The van der Waals surface area contributed by atoms with Crippen LogP contribution in [0.5, 0.6) is 0 Å². The maximum atomic E-state index is 6.33. The number of aromatic nitrogens is 5. The van der Waals surface area contributed by atoms with Crippen LogP contribution in [0.3, 0.4) is 0 Å². The van der Waals surface area contributed by atoms with Crippen molar-refractivity contribution in [3.8, 4) is 22.5 Å². The first-order chi connectivity index (χ1) is 16.2. The Balaban J connectivity index is 1.56. The maximum absolute atomic E-state index is 6.33. The van der Waals surface area contributed by atoms with E-state index in [1.54, 1.807) is 24.7 Å². The van der Waals surface area contributed by atoms with Crippen LogP contribution in [-0.2, 0) is 11.3 Å². The molecule has 0 aliphatic carbocycles. The molecule has 2 aromatic carbocycles. The second-order valence-corrected chi connectivity index (χ2v) is 7.59. The number of nitrogen functional groups attached to an aromatic ring is 1. The summed E-state index contributed by atoms with van der Waals surface area (Å²) in [7, 11) is 0. The molecule has 0 aliphatic rings. The van der Waals surface area contributed by atoms with Gasteiger partial charge in [0.05, 0.1) is 23.5 Å². The van der Waals surface area contributed by atoms with Crippen molar-refractivity contribution in [3.63, 3.8) is 0 Å². The summed E-state index contributed by atoms with van der Waals surface area (Å²) < 4.78 is 5.98. The molecule has 162 valence electrons. The number of nitrogens with two attached hydrogens (primary N) is 1. The minimum absolute atomic E-state index is 0.190. The Morgan fingerprint density at radius 2 is 1.55 bits per heavy atom. The molecular weight excluding hydrogens is 412 g/mol. The van der Waals surface area contributed by atoms with Gasteiger partial charge in [-0.2, -0.15) is 0 Å². The zero-order chi connectivity index (χ0) is 22.6. The molecule has 0 saturated carbocycles. The summed E-state index contributed by atoms with van der Waals surface area (Å²) in [5.74, 6) is 0.938. The SMILES string of the molecule is CC(OCc1nc(-c2ccc3ncccc3c2)c(-c2ccccc2)nc1N)c1ncccn1. The molecule has 5 rings (SSSR count). The first-order valence-corrected chi connectivity index (χ1v) is 10.6. The highest BCUT2D eigenvalue weighted by atomic mass is 16.5. The minimum Gasteiger partial charge on any atom is -0.382 e. The van der Waals surface area contributed by atoms with Gasteiger partial charge >= 0.3 is 0 Å². The van der Waals surface area contributed by atoms with E-state index in [4.69, 9.17) is 20.4 Å². The monoisotopic (exact) mass is 434 g/mol. The van der Waals surface area contributed by atoms with Crippen LogP contribution >= 0.6 is 0 Å². The van der Waals surface area contributed by atoms with Crippen LogP contribution in [0.15, 0.2) is 85.3 Å². The predicted molar refractivity (Wildman–Crippen MR) is 128 cm³/mol. The lowest BCUT2D eigenvalue weighted by Crippen LogP contribution is -2.10. The Morgan fingerprint density at radius 3 is 2.36 bits per heavy atom. The Morgan fingerprint density at radius 1 is 0.788 bits per heavy atom. The number of pyridine rings is 1. The van der Waals surface area contributed by atoms with E-state index in [0.29, 0.717) is 17.3 Å². The molecule has 3 aromatic heterocycles. The molecule has 5 aromatic rings. The van der Waals surface area contributed by atoms with Crippen LogP contribution in [-0.4, -0.2) is 24.9 Å². The fourth-order valence-corrected chi connectivity index (χ4v) is 3.61. The van der Waals surface area contributed by atoms with Crippen molar-refractivity contribution >= 4 is 16.7 Å². The molecule has 7 heteroatoms. The molecule has 0 spiro atoms. The Bertz CT molecular complexity index is 1390. The molecule has 0 fully saturated rings. The minimum atomic E-state index is -0.309. The summed E-state index contributed by atoms with van der Waals surface area (Å²) in [6.45, 7) is 2.09. The molecule has 0 amide bonds. The summed E-state index contributed by atoms with van der Waals surface area (Å²) in [6.07, 6.45) is 4.86. The van der Waals surface area contributed by atoms with Gasteiger partial charge in [0.2, 0.25) is 0 Å². The van der Waals surface area contributed by atoms with Gasteiger partial charge in [0.1, 0.15) is 17.6 Å². The molecule has 1 atom stereocenters. The van der Waals surface area contributed by atoms with Crippen molar-refractivity contribution in [2.45, 2.75) is 19.6 Å².